The standard InChI is InChI=1S/C54H30BN3O6/c1-7-21-37-31(15-1)56(32-16-2-8-22-38(32)59-37)50-51(57-33-17-3-9-23-39(33)60-40-24-10-4-18-34(40)57)53-49-54(52(50)58-35-19-5-11-25-41(35)61-42-26-12-6-20-36(42)58)64-46-30-14-28-44-48(46)55(49)47-43(62-44)27-13-29-45(47)63-53/h1-30H. The van der Waals surface area contributed by atoms with Gasteiger partial charge in [-0.05, 0) is 97.1 Å². The Morgan fingerprint density at radius 1 is 0.234 bits per heavy atom. The van der Waals surface area contributed by atoms with E-state index in [-0.39, 0.29) is 6.71 Å². The van der Waals surface area contributed by atoms with Crippen LogP contribution in [0.15, 0.2) is 182 Å². The van der Waals surface area contributed by atoms with E-state index in [0.717, 1.165) is 79.1 Å². The fourth-order valence-corrected chi connectivity index (χ4v) is 10.4. The van der Waals surface area contributed by atoms with E-state index in [4.69, 9.17) is 28.4 Å². The van der Waals surface area contributed by atoms with E-state index in [1.54, 1.807) is 0 Å². The molecular weight excluding hydrogens is 797 g/mol. The van der Waals surface area contributed by atoms with Gasteiger partial charge >= 0.3 is 0 Å². The minimum Gasteiger partial charge on any atom is -0.458 e. The number of ether oxygens (including phenoxy) is 6. The first-order valence-electron chi connectivity index (χ1n) is 21.3. The van der Waals surface area contributed by atoms with Gasteiger partial charge < -0.3 is 28.4 Å². The SMILES string of the molecule is c1ccc2c(c1)Oc1ccccc1N2c1c2c3c(c(N4c5ccccc5Oc5ccccc54)c1N1c4ccccc4Oc4ccccc41)Oc1cccc4c1B3c1c(cccc1O2)O4. The Hall–Kier alpha value is -8.76. The van der Waals surface area contributed by atoms with Gasteiger partial charge in [0.2, 0.25) is 0 Å². The zero-order valence-electron chi connectivity index (χ0n) is 33.7. The lowest BCUT2D eigenvalue weighted by Crippen LogP contribution is -2.60. The van der Waals surface area contributed by atoms with Gasteiger partial charge in [0, 0.05) is 16.4 Å². The van der Waals surface area contributed by atoms with Crippen molar-refractivity contribution in [2.75, 3.05) is 14.7 Å². The van der Waals surface area contributed by atoms with Crippen molar-refractivity contribution in [1.82, 2.24) is 0 Å². The predicted octanol–water partition coefficient (Wildman–Crippen LogP) is 13.2. The van der Waals surface area contributed by atoms with Crippen LogP contribution in [0, 0.1) is 0 Å². The van der Waals surface area contributed by atoms with Crippen molar-refractivity contribution in [2.24, 2.45) is 0 Å². The second-order valence-corrected chi connectivity index (χ2v) is 16.3. The molecule has 6 heterocycles. The van der Waals surface area contributed by atoms with E-state index in [1.807, 2.05) is 146 Å². The van der Waals surface area contributed by atoms with Crippen molar-refractivity contribution in [3.8, 4) is 69.0 Å². The van der Waals surface area contributed by atoms with Crippen LogP contribution in [0.25, 0.3) is 0 Å². The topological polar surface area (TPSA) is 65.1 Å². The van der Waals surface area contributed by atoms with Crippen molar-refractivity contribution >= 4 is 74.3 Å². The Bertz CT molecular complexity index is 3220. The summed E-state index contributed by atoms with van der Waals surface area (Å²) in [7, 11) is 0. The molecule has 0 aromatic heterocycles. The molecule has 0 saturated heterocycles. The van der Waals surface area contributed by atoms with Gasteiger partial charge in [0.25, 0.3) is 6.71 Å². The highest BCUT2D eigenvalue weighted by Gasteiger charge is 2.52. The van der Waals surface area contributed by atoms with E-state index < -0.39 is 0 Å². The molecule has 0 unspecified atom stereocenters. The molecule has 9 aromatic rings. The molecule has 9 aromatic carbocycles. The Kier molecular flexibility index (Phi) is 6.58. The van der Waals surface area contributed by atoms with Crippen LogP contribution in [-0.4, -0.2) is 6.71 Å². The van der Waals surface area contributed by atoms with Crippen molar-refractivity contribution in [2.45, 2.75) is 0 Å². The minimum atomic E-state index is -0.312. The molecule has 9 nitrogen and oxygen atoms in total. The largest absolute Gasteiger partial charge is 0.458 e. The molecule has 0 saturated carbocycles. The molecule has 0 N–H and O–H groups in total. The zero-order chi connectivity index (χ0) is 41.6. The molecule has 0 bridgehead atoms. The molecular formula is C54H30BN3O6. The lowest BCUT2D eigenvalue weighted by Gasteiger charge is -2.46. The first-order chi connectivity index (χ1) is 31.8. The molecule has 6 aliphatic rings. The third-order valence-electron chi connectivity index (χ3n) is 12.9. The summed E-state index contributed by atoms with van der Waals surface area (Å²) in [5.74, 6) is 8.43. The van der Waals surface area contributed by atoms with Gasteiger partial charge in [-0.1, -0.05) is 84.9 Å². The van der Waals surface area contributed by atoms with Crippen molar-refractivity contribution in [1.29, 1.82) is 0 Å². The van der Waals surface area contributed by atoms with E-state index in [9.17, 15) is 0 Å². The van der Waals surface area contributed by atoms with E-state index >= 15 is 0 Å². The Morgan fingerprint density at radius 3 is 0.812 bits per heavy atom. The second-order valence-electron chi connectivity index (χ2n) is 16.3. The molecule has 0 radical (unpaired) electrons. The maximum absolute atomic E-state index is 7.51. The monoisotopic (exact) mass is 827 g/mol. The Balaban J connectivity index is 1.19. The summed E-state index contributed by atoms with van der Waals surface area (Å²) in [6.07, 6.45) is 0. The zero-order valence-corrected chi connectivity index (χ0v) is 33.7. The number of rotatable bonds is 3. The number of anilines is 9. The molecule has 0 amide bonds. The fraction of sp³-hybridized carbons (Fsp3) is 0. The van der Waals surface area contributed by atoms with Crippen LogP contribution in [-0.2, 0) is 0 Å². The second kappa shape index (κ2) is 12.4. The molecule has 64 heavy (non-hydrogen) atoms. The lowest BCUT2D eigenvalue weighted by molar-refractivity contribution is 0.442. The smallest absolute Gasteiger partial charge is 0.270 e. The predicted molar refractivity (Wildman–Crippen MR) is 248 cm³/mol. The summed E-state index contributed by atoms with van der Waals surface area (Å²) in [5, 5.41) is 0. The van der Waals surface area contributed by atoms with Gasteiger partial charge in [-0.2, -0.15) is 0 Å². The van der Waals surface area contributed by atoms with Gasteiger partial charge in [0.05, 0.1) is 34.1 Å². The van der Waals surface area contributed by atoms with Crippen LogP contribution < -0.4 is 59.5 Å². The van der Waals surface area contributed by atoms with Crippen LogP contribution in [0.3, 0.4) is 0 Å². The molecule has 0 atom stereocenters. The summed E-state index contributed by atoms with van der Waals surface area (Å²) in [4.78, 5) is 6.92. The van der Waals surface area contributed by atoms with Crippen molar-refractivity contribution < 1.29 is 28.4 Å². The summed E-state index contributed by atoms with van der Waals surface area (Å²) in [6.45, 7) is -0.312. The van der Waals surface area contributed by atoms with Gasteiger partial charge in [0.1, 0.15) is 40.1 Å². The minimum absolute atomic E-state index is 0.312. The highest BCUT2D eigenvalue weighted by Crippen LogP contribution is 2.67. The number of hydrogen-bond donors (Lipinski definition) is 0. The summed E-state index contributed by atoms with van der Waals surface area (Å²) in [5.41, 5.74) is 10.2. The highest BCUT2D eigenvalue weighted by atomic mass is 16.5. The molecule has 0 fully saturated rings. The van der Waals surface area contributed by atoms with Crippen LogP contribution in [0.1, 0.15) is 0 Å². The van der Waals surface area contributed by atoms with Crippen LogP contribution in [0.4, 0.5) is 51.2 Å². The summed E-state index contributed by atoms with van der Waals surface area (Å²) >= 11 is 0. The molecule has 15 rings (SSSR count). The van der Waals surface area contributed by atoms with Gasteiger partial charge in [-0.3, -0.25) is 14.7 Å². The first-order valence-corrected chi connectivity index (χ1v) is 21.3. The Labute approximate surface area is 367 Å². The molecule has 10 heteroatoms. The third-order valence-corrected chi connectivity index (χ3v) is 12.9. The molecule has 0 spiro atoms. The summed E-state index contributed by atoms with van der Waals surface area (Å²) in [6, 6.07) is 61.2. The van der Waals surface area contributed by atoms with Gasteiger partial charge in [-0.25, -0.2) is 0 Å². The van der Waals surface area contributed by atoms with E-state index in [2.05, 4.69) is 51.1 Å². The average Bonchev–Trinajstić information content (AvgIpc) is 3.34. The number of benzene rings is 9. The number of nitrogens with zero attached hydrogens (tertiary/aromatic N) is 3. The van der Waals surface area contributed by atoms with E-state index in [1.165, 1.54) is 0 Å². The fourth-order valence-electron chi connectivity index (χ4n) is 10.4. The lowest BCUT2D eigenvalue weighted by atomic mass is 9.33. The third kappa shape index (κ3) is 4.42. The molecule has 300 valence electrons. The quantitative estimate of drug-likeness (QED) is 0.162. The number of fused-ring (bicyclic) bond motifs is 6. The number of hydrogen-bond acceptors (Lipinski definition) is 9. The van der Waals surface area contributed by atoms with Crippen molar-refractivity contribution in [3.63, 3.8) is 0 Å². The van der Waals surface area contributed by atoms with Crippen LogP contribution >= 0.6 is 0 Å². The van der Waals surface area contributed by atoms with E-state index in [0.29, 0.717) is 57.5 Å². The molecule has 6 aliphatic heterocycles. The van der Waals surface area contributed by atoms with Gasteiger partial charge in [0.15, 0.2) is 46.0 Å². The first kappa shape index (κ1) is 33.9. The number of para-hydroxylation sites is 12. The maximum atomic E-state index is 7.51. The van der Waals surface area contributed by atoms with Gasteiger partial charge in [-0.15, -0.1) is 0 Å². The van der Waals surface area contributed by atoms with Crippen molar-refractivity contribution in [3.05, 3.63) is 182 Å². The van der Waals surface area contributed by atoms with Crippen LogP contribution in [0.2, 0.25) is 0 Å². The Morgan fingerprint density at radius 2 is 0.484 bits per heavy atom. The average molecular weight is 828 g/mol. The summed E-state index contributed by atoms with van der Waals surface area (Å²) < 4.78 is 41.9. The maximum Gasteiger partial charge on any atom is 0.270 e. The normalized spacial score (nSPS) is 14.2. The van der Waals surface area contributed by atoms with Crippen LogP contribution in [0.5, 0.6) is 69.0 Å². The highest BCUT2D eigenvalue weighted by molar-refractivity contribution is 7.00. The molecule has 0 aliphatic carbocycles.